The second-order valence-electron chi connectivity index (χ2n) is 5.27. The van der Waals surface area contributed by atoms with Gasteiger partial charge in [-0.15, -0.1) is 5.10 Å². The molecule has 1 N–H and O–H groups in total. The Morgan fingerprint density at radius 1 is 1.20 bits per heavy atom. The summed E-state index contributed by atoms with van der Waals surface area (Å²) >= 11 is 0. The zero-order valence-electron chi connectivity index (χ0n) is 13.3. The Kier molecular flexibility index (Phi) is 5.30. The third kappa shape index (κ3) is 4.84. The number of halogens is 1. The van der Waals surface area contributed by atoms with Gasteiger partial charge in [0, 0.05) is 12.6 Å². The minimum absolute atomic E-state index is 0.0948. The van der Waals surface area contributed by atoms with Crippen LogP contribution >= 0.6 is 0 Å². The van der Waals surface area contributed by atoms with Crippen molar-refractivity contribution in [3.05, 3.63) is 66.2 Å². The highest BCUT2D eigenvalue weighted by molar-refractivity contribution is 5.77. The Morgan fingerprint density at radius 3 is 2.80 bits per heavy atom. The third-order valence-corrected chi connectivity index (χ3v) is 3.45. The summed E-state index contributed by atoms with van der Waals surface area (Å²) in [6.45, 7) is 0.362. The van der Waals surface area contributed by atoms with E-state index in [1.807, 2.05) is 6.07 Å². The number of nitrogens with one attached hydrogen (secondary N) is 1. The average molecular weight is 341 g/mol. The van der Waals surface area contributed by atoms with Crippen LogP contribution in [-0.4, -0.2) is 39.3 Å². The second kappa shape index (κ2) is 8.00. The van der Waals surface area contributed by atoms with Crippen molar-refractivity contribution in [1.82, 2.24) is 25.5 Å². The SMILES string of the molecule is O=C(COc1cccc(-n2cnnn2)c1)NCCc1ccc(F)cc1. The number of amides is 1. The number of carbonyl (C=O) groups excluding carboxylic acids is 1. The fourth-order valence-electron chi connectivity index (χ4n) is 2.19. The highest BCUT2D eigenvalue weighted by atomic mass is 19.1. The number of benzene rings is 2. The average Bonchev–Trinajstić information content (AvgIpc) is 3.17. The zero-order chi connectivity index (χ0) is 17.5. The molecule has 8 heteroatoms. The van der Waals surface area contributed by atoms with Crippen LogP contribution in [0.25, 0.3) is 5.69 Å². The first-order chi connectivity index (χ1) is 12.2. The topological polar surface area (TPSA) is 81.9 Å². The lowest BCUT2D eigenvalue weighted by Crippen LogP contribution is -2.30. The molecule has 0 spiro atoms. The van der Waals surface area contributed by atoms with Crippen LogP contribution in [-0.2, 0) is 11.2 Å². The molecule has 0 aliphatic rings. The summed E-state index contributed by atoms with van der Waals surface area (Å²) in [4.78, 5) is 11.8. The van der Waals surface area contributed by atoms with Gasteiger partial charge < -0.3 is 10.1 Å². The molecule has 0 fully saturated rings. The first kappa shape index (κ1) is 16.6. The predicted octanol–water partition coefficient (Wildman–Crippen LogP) is 1.54. The van der Waals surface area contributed by atoms with Gasteiger partial charge >= 0.3 is 0 Å². The maximum absolute atomic E-state index is 12.8. The molecule has 1 amide bonds. The smallest absolute Gasteiger partial charge is 0.257 e. The molecule has 7 nitrogen and oxygen atoms in total. The summed E-state index contributed by atoms with van der Waals surface area (Å²) in [5, 5.41) is 13.7. The number of hydrogen-bond acceptors (Lipinski definition) is 5. The van der Waals surface area contributed by atoms with Crippen LogP contribution in [0, 0.1) is 5.82 Å². The number of rotatable bonds is 7. The van der Waals surface area contributed by atoms with E-state index < -0.39 is 0 Å². The second-order valence-corrected chi connectivity index (χ2v) is 5.27. The molecule has 1 heterocycles. The number of carbonyl (C=O) groups is 1. The number of hydrogen-bond donors (Lipinski definition) is 1. The first-order valence-electron chi connectivity index (χ1n) is 7.68. The molecule has 0 saturated heterocycles. The van der Waals surface area contributed by atoms with E-state index in [1.165, 1.54) is 23.1 Å². The van der Waals surface area contributed by atoms with Gasteiger partial charge in [-0.3, -0.25) is 4.79 Å². The largest absolute Gasteiger partial charge is 0.484 e. The minimum atomic E-state index is -0.273. The normalized spacial score (nSPS) is 10.4. The molecule has 0 unspecified atom stereocenters. The summed E-state index contributed by atoms with van der Waals surface area (Å²) in [7, 11) is 0. The first-order valence-corrected chi connectivity index (χ1v) is 7.68. The van der Waals surface area contributed by atoms with E-state index in [0.29, 0.717) is 18.7 Å². The van der Waals surface area contributed by atoms with Gasteiger partial charge in [0.1, 0.15) is 17.9 Å². The highest BCUT2D eigenvalue weighted by Crippen LogP contribution is 2.15. The number of ether oxygens (including phenoxy) is 1. The van der Waals surface area contributed by atoms with Gasteiger partial charge in [0.25, 0.3) is 5.91 Å². The Hall–Kier alpha value is -3.29. The summed E-state index contributed by atoms with van der Waals surface area (Å²) < 4.78 is 19.8. The van der Waals surface area contributed by atoms with Crippen LogP contribution in [0.4, 0.5) is 4.39 Å². The number of aromatic nitrogens is 4. The molecule has 0 bridgehead atoms. The van der Waals surface area contributed by atoms with E-state index in [1.54, 1.807) is 30.3 Å². The van der Waals surface area contributed by atoms with Crippen molar-refractivity contribution in [2.75, 3.05) is 13.2 Å². The van der Waals surface area contributed by atoms with E-state index in [9.17, 15) is 9.18 Å². The van der Waals surface area contributed by atoms with Gasteiger partial charge in [-0.1, -0.05) is 18.2 Å². The molecular weight excluding hydrogens is 325 g/mol. The van der Waals surface area contributed by atoms with E-state index in [2.05, 4.69) is 20.8 Å². The third-order valence-electron chi connectivity index (χ3n) is 3.45. The molecule has 0 aliphatic carbocycles. The fraction of sp³-hybridized carbons (Fsp3) is 0.176. The molecule has 0 aliphatic heterocycles. The van der Waals surface area contributed by atoms with E-state index in [0.717, 1.165) is 11.3 Å². The van der Waals surface area contributed by atoms with Gasteiger partial charge in [-0.25, -0.2) is 9.07 Å². The summed E-state index contributed by atoms with van der Waals surface area (Å²) in [5.74, 6) is 0.0433. The summed E-state index contributed by atoms with van der Waals surface area (Å²) in [6.07, 6.45) is 2.10. The maximum Gasteiger partial charge on any atom is 0.257 e. The van der Waals surface area contributed by atoms with E-state index in [-0.39, 0.29) is 18.3 Å². The van der Waals surface area contributed by atoms with E-state index >= 15 is 0 Å². The molecule has 25 heavy (non-hydrogen) atoms. The lowest BCUT2D eigenvalue weighted by Gasteiger charge is -2.08. The van der Waals surface area contributed by atoms with Gasteiger partial charge in [0.2, 0.25) is 0 Å². The van der Waals surface area contributed by atoms with Crippen molar-refractivity contribution in [2.45, 2.75) is 6.42 Å². The number of nitrogens with zero attached hydrogens (tertiary/aromatic N) is 4. The Morgan fingerprint density at radius 2 is 2.04 bits per heavy atom. The van der Waals surface area contributed by atoms with Crippen LogP contribution in [0.5, 0.6) is 5.75 Å². The van der Waals surface area contributed by atoms with Crippen molar-refractivity contribution < 1.29 is 13.9 Å². The molecule has 0 saturated carbocycles. The van der Waals surface area contributed by atoms with Crippen LogP contribution in [0.2, 0.25) is 0 Å². The molecule has 3 rings (SSSR count). The lowest BCUT2D eigenvalue weighted by atomic mass is 10.1. The Balaban J connectivity index is 1.44. The minimum Gasteiger partial charge on any atom is -0.484 e. The van der Waals surface area contributed by atoms with Crippen molar-refractivity contribution >= 4 is 5.91 Å². The van der Waals surface area contributed by atoms with Gasteiger partial charge in [0.05, 0.1) is 5.69 Å². The van der Waals surface area contributed by atoms with Crippen molar-refractivity contribution in [1.29, 1.82) is 0 Å². The van der Waals surface area contributed by atoms with Crippen LogP contribution in [0.15, 0.2) is 54.9 Å². The Bertz CT molecular complexity index is 821. The zero-order valence-corrected chi connectivity index (χ0v) is 13.3. The fourth-order valence-corrected chi connectivity index (χ4v) is 2.19. The molecule has 128 valence electrons. The molecule has 1 aromatic heterocycles. The molecule has 0 radical (unpaired) electrons. The summed E-state index contributed by atoms with van der Waals surface area (Å²) in [6, 6.07) is 13.3. The van der Waals surface area contributed by atoms with Gasteiger partial charge in [0.15, 0.2) is 6.61 Å². The number of tetrazole rings is 1. The van der Waals surface area contributed by atoms with Crippen LogP contribution < -0.4 is 10.1 Å². The standard InChI is InChI=1S/C17H16FN5O2/c18-14-6-4-13(5-7-14)8-9-19-17(24)11-25-16-3-1-2-15(10-16)23-12-20-21-22-23/h1-7,10,12H,8-9,11H2,(H,19,24). The lowest BCUT2D eigenvalue weighted by molar-refractivity contribution is -0.123. The molecule has 2 aromatic carbocycles. The van der Waals surface area contributed by atoms with Crippen molar-refractivity contribution in [2.24, 2.45) is 0 Å². The van der Waals surface area contributed by atoms with Crippen molar-refractivity contribution in [3.8, 4) is 11.4 Å². The molecule has 3 aromatic rings. The van der Waals surface area contributed by atoms with Gasteiger partial charge in [-0.2, -0.15) is 0 Å². The van der Waals surface area contributed by atoms with Gasteiger partial charge in [-0.05, 0) is 46.7 Å². The highest BCUT2D eigenvalue weighted by Gasteiger charge is 2.05. The molecule has 0 atom stereocenters. The Labute approximate surface area is 143 Å². The van der Waals surface area contributed by atoms with Crippen LogP contribution in [0.3, 0.4) is 0 Å². The monoisotopic (exact) mass is 341 g/mol. The quantitative estimate of drug-likeness (QED) is 0.705. The predicted molar refractivity (Wildman–Crippen MR) is 87.8 cm³/mol. The molecular formula is C17H16FN5O2. The maximum atomic E-state index is 12.8. The van der Waals surface area contributed by atoms with Crippen LogP contribution in [0.1, 0.15) is 5.56 Å². The summed E-state index contributed by atoms with van der Waals surface area (Å²) in [5.41, 5.74) is 1.69. The van der Waals surface area contributed by atoms with Crippen molar-refractivity contribution in [3.63, 3.8) is 0 Å². The van der Waals surface area contributed by atoms with E-state index in [4.69, 9.17) is 4.74 Å².